The lowest BCUT2D eigenvalue weighted by Crippen LogP contribution is -2.46. The summed E-state index contributed by atoms with van der Waals surface area (Å²) < 4.78 is 6.92. The predicted octanol–water partition coefficient (Wildman–Crippen LogP) is 5.81. The first kappa shape index (κ1) is 22.7. The average molecular weight is 426 g/mol. The number of carboxylic acid groups (broad SMARTS) is 1. The van der Waals surface area contributed by atoms with Gasteiger partial charge in [0.05, 0.1) is 11.7 Å². The van der Waals surface area contributed by atoms with E-state index in [4.69, 9.17) is 9.53 Å². The number of rotatable bonds is 7. The highest BCUT2D eigenvalue weighted by molar-refractivity contribution is 6.74. The van der Waals surface area contributed by atoms with E-state index in [1.807, 2.05) is 12.1 Å². The molecule has 5 heteroatoms. The quantitative estimate of drug-likeness (QED) is 0.550. The van der Waals surface area contributed by atoms with Gasteiger partial charge in [-0.3, -0.25) is 0 Å². The monoisotopic (exact) mass is 425 g/mol. The molecular weight excluding hydrogens is 390 g/mol. The van der Waals surface area contributed by atoms with Crippen molar-refractivity contribution in [3.63, 3.8) is 0 Å². The smallest absolute Gasteiger partial charge is 0.335 e. The number of aromatic carboxylic acids is 1. The van der Waals surface area contributed by atoms with Gasteiger partial charge in [-0.15, -0.1) is 0 Å². The van der Waals surface area contributed by atoms with Crippen LogP contribution in [0.4, 0.5) is 0 Å². The zero-order valence-electron chi connectivity index (χ0n) is 18.8. The Kier molecular flexibility index (Phi) is 6.85. The van der Waals surface area contributed by atoms with Crippen LogP contribution in [-0.4, -0.2) is 31.5 Å². The summed E-state index contributed by atoms with van der Waals surface area (Å²) in [6, 6.07) is 18.5. The average Bonchev–Trinajstić information content (AvgIpc) is 3.14. The molecule has 0 unspecified atom stereocenters. The minimum absolute atomic E-state index is 0.0477. The fourth-order valence-corrected chi connectivity index (χ4v) is 5.13. The Bertz CT molecular complexity index is 843. The lowest BCUT2D eigenvalue weighted by Gasteiger charge is -2.41. The Hall–Kier alpha value is -1.95. The van der Waals surface area contributed by atoms with Crippen LogP contribution in [0.3, 0.4) is 0 Å². The largest absolute Gasteiger partial charge is 0.478 e. The molecule has 0 aromatic heterocycles. The number of hydrogen-bond donors (Lipinski definition) is 2. The third-order valence-electron chi connectivity index (χ3n) is 6.68. The van der Waals surface area contributed by atoms with Crippen LogP contribution in [0, 0.1) is 0 Å². The second-order valence-corrected chi connectivity index (χ2v) is 14.7. The van der Waals surface area contributed by atoms with Crippen molar-refractivity contribution >= 4 is 14.3 Å². The summed E-state index contributed by atoms with van der Waals surface area (Å²) in [5.74, 6) is -0.880. The standard InChI is InChI=1S/C25H35NO3Si/c1-25(2,3)30(4,5)29-23(19-9-7-6-8-10-19)22-16-15-21(26-22)17-18-11-13-20(14-12-18)24(27)28/h6-14,21-23,26H,15-17H2,1-5H3,(H,27,28)/t21-,22+,23+/m0/s1. The molecule has 0 amide bonds. The highest BCUT2D eigenvalue weighted by Crippen LogP contribution is 2.41. The van der Waals surface area contributed by atoms with E-state index in [0.29, 0.717) is 11.6 Å². The van der Waals surface area contributed by atoms with Gasteiger partial charge in [-0.2, -0.15) is 0 Å². The van der Waals surface area contributed by atoms with Crippen LogP contribution >= 0.6 is 0 Å². The van der Waals surface area contributed by atoms with Gasteiger partial charge in [-0.1, -0.05) is 63.2 Å². The molecule has 0 saturated carbocycles. The molecule has 30 heavy (non-hydrogen) atoms. The second kappa shape index (κ2) is 9.04. The lowest BCUT2D eigenvalue weighted by molar-refractivity contribution is 0.0697. The summed E-state index contributed by atoms with van der Waals surface area (Å²) in [5.41, 5.74) is 2.74. The van der Waals surface area contributed by atoms with Gasteiger partial charge in [-0.05, 0) is 60.7 Å². The maximum atomic E-state index is 11.1. The Balaban J connectivity index is 1.73. The van der Waals surface area contributed by atoms with Crippen molar-refractivity contribution in [2.75, 3.05) is 0 Å². The van der Waals surface area contributed by atoms with Crippen LogP contribution in [0.25, 0.3) is 0 Å². The summed E-state index contributed by atoms with van der Waals surface area (Å²) in [6.45, 7) is 11.5. The van der Waals surface area contributed by atoms with E-state index in [9.17, 15) is 4.79 Å². The molecule has 162 valence electrons. The van der Waals surface area contributed by atoms with Crippen molar-refractivity contribution < 1.29 is 14.3 Å². The van der Waals surface area contributed by atoms with E-state index in [-0.39, 0.29) is 17.2 Å². The van der Waals surface area contributed by atoms with Gasteiger partial charge >= 0.3 is 5.97 Å². The molecule has 0 radical (unpaired) electrons. The molecule has 1 aliphatic rings. The fourth-order valence-electron chi connectivity index (χ4n) is 3.84. The summed E-state index contributed by atoms with van der Waals surface area (Å²) >= 11 is 0. The minimum Gasteiger partial charge on any atom is -0.478 e. The van der Waals surface area contributed by atoms with Crippen molar-refractivity contribution in [2.45, 2.75) is 76.4 Å². The topological polar surface area (TPSA) is 58.6 Å². The van der Waals surface area contributed by atoms with E-state index in [1.165, 1.54) is 11.1 Å². The van der Waals surface area contributed by atoms with Gasteiger partial charge in [0.25, 0.3) is 0 Å². The fraction of sp³-hybridized carbons (Fsp3) is 0.480. The normalized spacial score (nSPS) is 20.8. The van der Waals surface area contributed by atoms with Gasteiger partial charge in [0.15, 0.2) is 8.32 Å². The van der Waals surface area contributed by atoms with Crippen molar-refractivity contribution in [1.82, 2.24) is 5.32 Å². The van der Waals surface area contributed by atoms with Crippen molar-refractivity contribution in [3.05, 3.63) is 71.3 Å². The molecule has 2 aromatic carbocycles. The van der Waals surface area contributed by atoms with E-state index in [1.54, 1.807) is 12.1 Å². The van der Waals surface area contributed by atoms with Crippen LogP contribution in [0.15, 0.2) is 54.6 Å². The van der Waals surface area contributed by atoms with E-state index in [0.717, 1.165) is 19.3 Å². The zero-order valence-corrected chi connectivity index (χ0v) is 19.8. The number of hydrogen-bond acceptors (Lipinski definition) is 3. The highest BCUT2D eigenvalue weighted by Gasteiger charge is 2.42. The van der Waals surface area contributed by atoms with E-state index < -0.39 is 14.3 Å². The molecule has 2 aromatic rings. The molecule has 2 N–H and O–H groups in total. The highest BCUT2D eigenvalue weighted by atomic mass is 28.4. The van der Waals surface area contributed by atoms with E-state index in [2.05, 4.69) is 69.5 Å². The lowest BCUT2D eigenvalue weighted by atomic mass is 10.0. The molecule has 3 rings (SSSR count). The van der Waals surface area contributed by atoms with Gasteiger partial charge in [0, 0.05) is 12.1 Å². The van der Waals surface area contributed by atoms with Crippen molar-refractivity contribution in [1.29, 1.82) is 0 Å². The number of carbonyl (C=O) groups is 1. The third-order valence-corrected chi connectivity index (χ3v) is 11.1. The molecule has 4 nitrogen and oxygen atoms in total. The maximum absolute atomic E-state index is 11.1. The van der Waals surface area contributed by atoms with Gasteiger partial charge < -0.3 is 14.8 Å². The Morgan fingerprint density at radius 3 is 2.30 bits per heavy atom. The van der Waals surface area contributed by atoms with Gasteiger partial charge in [0.2, 0.25) is 0 Å². The summed E-state index contributed by atoms with van der Waals surface area (Å²) in [6.07, 6.45) is 3.12. The number of nitrogens with one attached hydrogen (secondary N) is 1. The van der Waals surface area contributed by atoms with Crippen LogP contribution in [0.1, 0.15) is 61.2 Å². The third kappa shape index (κ3) is 5.39. The van der Waals surface area contributed by atoms with Gasteiger partial charge in [0.1, 0.15) is 0 Å². The van der Waals surface area contributed by atoms with Crippen LogP contribution in [0.2, 0.25) is 18.1 Å². The van der Waals surface area contributed by atoms with Gasteiger partial charge in [-0.25, -0.2) is 4.79 Å². The molecule has 3 atom stereocenters. The molecule has 1 heterocycles. The van der Waals surface area contributed by atoms with Crippen molar-refractivity contribution in [2.24, 2.45) is 0 Å². The Morgan fingerprint density at radius 1 is 1.10 bits per heavy atom. The first-order valence-electron chi connectivity index (χ1n) is 10.9. The summed E-state index contributed by atoms with van der Waals surface area (Å²) in [7, 11) is -1.93. The summed E-state index contributed by atoms with van der Waals surface area (Å²) in [5, 5.41) is 13.1. The molecular formula is C25H35NO3Si. The molecule has 1 aliphatic heterocycles. The van der Waals surface area contributed by atoms with Crippen LogP contribution in [0.5, 0.6) is 0 Å². The number of benzene rings is 2. The number of carboxylic acids is 1. The van der Waals surface area contributed by atoms with Crippen molar-refractivity contribution in [3.8, 4) is 0 Å². The Labute approximate surface area is 181 Å². The van der Waals surface area contributed by atoms with E-state index >= 15 is 0 Å². The molecule has 1 fully saturated rings. The van der Waals surface area contributed by atoms with Crippen LogP contribution in [-0.2, 0) is 10.8 Å². The van der Waals surface area contributed by atoms with Crippen LogP contribution < -0.4 is 5.32 Å². The predicted molar refractivity (Wildman–Crippen MR) is 125 cm³/mol. The zero-order chi connectivity index (χ0) is 21.9. The molecule has 0 bridgehead atoms. The second-order valence-electron chi connectivity index (χ2n) is 9.96. The maximum Gasteiger partial charge on any atom is 0.335 e. The molecule has 0 aliphatic carbocycles. The first-order chi connectivity index (χ1) is 14.1. The Morgan fingerprint density at radius 2 is 1.73 bits per heavy atom. The minimum atomic E-state index is -1.93. The first-order valence-corrected chi connectivity index (χ1v) is 13.8. The molecule has 1 saturated heterocycles. The SMILES string of the molecule is CC(C)(C)[Si](C)(C)O[C@H](c1ccccc1)[C@H]1CC[C@@H](Cc2ccc(C(=O)O)cc2)N1. The summed E-state index contributed by atoms with van der Waals surface area (Å²) in [4.78, 5) is 11.1. The molecule has 0 spiro atoms.